The third-order valence-electron chi connectivity index (χ3n) is 2.55. The maximum atomic E-state index is 11.9. The number of aromatic nitrogens is 3. The van der Waals surface area contributed by atoms with E-state index >= 15 is 0 Å². The second kappa shape index (κ2) is 5.77. The first-order valence-electron chi connectivity index (χ1n) is 5.85. The van der Waals surface area contributed by atoms with E-state index in [4.69, 9.17) is 0 Å². The molecule has 0 saturated carbocycles. The van der Waals surface area contributed by atoms with Gasteiger partial charge in [0.05, 0.1) is 17.0 Å². The summed E-state index contributed by atoms with van der Waals surface area (Å²) >= 11 is 1.44. The van der Waals surface area contributed by atoms with Crippen LogP contribution >= 0.6 is 11.3 Å². The molecule has 6 heteroatoms. The molecule has 2 rings (SSSR count). The molecular weight excluding hydrogens is 248 g/mol. The van der Waals surface area contributed by atoms with E-state index in [0.717, 1.165) is 28.5 Å². The van der Waals surface area contributed by atoms with Gasteiger partial charge in [0.25, 0.3) is 5.91 Å². The van der Waals surface area contributed by atoms with E-state index in [-0.39, 0.29) is 5.91 Å². The molecule has 0 spiro atoms. The van der Waals surface area contributed by atoms with Crippen LogP contribution in [-0.2, 0) is 6.54 Å². The van der Waals surface area contributed by atoms with E-state index in [1.54, 1.807) is 12.5 Å². The molecule has 18 heavy (non-hydrogen) atoms. The van der Waals surface area contributed by atoms with E-state index in [9.17, 15) is 4.79 Å². The van der Waals surface area contributed by atoms with Crippen molar-refractivity contribution in [3.63, 3.8) is 0 Å². The van der Waals surface area contributed by atoms with Gasteiger partial charge in [-0.3, -0.25) is 4.79 Å². The Morgan fingerprint density at radius 3 is 2.94 bits per heavy atom. The molecule has 0 radical (unpaired) electrons. The lowest BCUT2D eigenvalue weighted by Gasteiger charge is -2.04. The number of imidazole rings is 1. The molecule has 0 saturated heterocycles. The normalized spacial score (nSPS) is 10.6. The Morgan fingerprint density at radius 2 is 2.33 bits per heavy atom. The number of nitrogens with zero attached hydrogens (tertiary/aromatic N) is 3. The van der Waals surface area contributed by atoms with Crippen molar-refractivity contribution in [1.29, 1.82) is 0 Å². The van der Waals surface area contributed by atoms with E-state index in [1.165, 1.54) is 11.3 Å². The molecule has 2 aromatic rings. The maximum Gasteiger partial charge on any atom is 0.263 e. The minimum atomic E-state index is -0.0243. The Labute approximate surface area is 110 Å². The van der Waals surface area contributed by atoms with Gasteiger partial charge in [-0.05, 0) is 20.3 Å². The summed E-state index contributed by atoms with van der Waals surface area (Å²) in [5.74, 6) is -0.0243. The van der Waals surface area contributed by atoms with Gasteiger partial charge in [-0.1, -0.05) is 0 Å². The zero-order valence-electron chi connectivity index (χ0n) is 10.5. The summed E-state index contributed by atoms with van der Waals surface area (Å²) in [5, 5.41) is 3.84. The molecule has 0 bridgehead atoms. The lowest BCUT2D eigenvalue weighted by atomic mass is 10.3. The highest BCUT2D eigenvalue weighted by atomic mass is 32.1. The van der Waals surface area contributed by atoms with Gasteiger partial charge in [0, 0.05) is 25.5 Å². The van der Waals surface area contributed by atoms with Crippen molar-refractivity contribution in [2.45, 2.75) is 26.8 Å². The van der Waals surface area contributed by atoms with E-state index in [2.05, 4.69) is 15.3 Å². The summed E-state index contributed by atoms with van der Waals surface area (Å²) in [7, 11) is 0. The van der Waals surface area contributed by atoms with Crippen molar-refractivity contribution in [3.8, 4) is 0 Å². The molecule has 96 valence electrons. The smallest absolute Gasteiger partial charge is 0.263 e. The molecule has 0 aromatic carbocycles. The molecule has 0 aliphatic heterocycles. The maximum absolute atomic E-state index is 11.9. The van der Waals surface area contributed by atoms with Crippen molar-refractivity contribution in [3.05, 3.63) is 34.3 Å². The summed E-state index contributed by atoms with van der Waals surface area (Å²) in [4.78, 5) is 20.8. The molecule has 0 aliphatic rings. The van der Waals surface area contributed by atoms with Gasteiger partial charge in [-0.2, -0.15) is 0 Å². The number of carbonyl (C=O) groups is 1. The van der Waals surface area contributed by atoms with Crippen molar-refractivity contribution in [1.82, 2.24) is 19.9 Å². The van der Waals surface area contributed by atoms with Crippen molar-refractivity contribution < 1.29 is 4.79 Å². The van der Waals surface area contributed by atoms with Crippen LogP contribution in [0.4, 0.5) is 0 Å². The van der Waals surface area contributed by atoms with Crippen molar-refractivity contribution in [2.24, 2.45) is 0 Å². The third-order valence-corrected chi connectivity index (χ3v) is 3.62. The van der Waals surface area contributed by atoms with Gasteiger partial charge in [-0.15, -0.1) is 11.3 Å². The van der Waals surface area contributed by atoms with Crippen LogP contribution in [0.5, 0.6) is 0 Å². The molecule has 0 unspecified atom stereocenters. The number of nitrogens with one attached hydrogen (secondary N) is 1. The van der Waals surface area contributed by atoms with Crippen LogP contribution in [0.25, 0.3) is 0 Å². The zero-order valence-corrected chi connectivity index (χ0v) is 11.3. The summed E-state index contributed by atoms with van der Waals surface area (Å²) < 4.78 is 1.99. The predicted molar refractivity (Wildman–Crippen MR) is 70.8 cm³/mol. The topological polar surface area (TPSA) is 59.8 Å². The second-order valence-electron chi connectivity index (χ2n) is 4.06. The quantitative estimate of drug-likeness (QED) is 0.837. The molecule has 5 nitrogen and oxygen atoms in total. The van der Waals surface area contributed by atoms with E-state index < -0.39 is 0 Å². The molecule has 0 aliphatic carbocycles. The monoisotopic (exact) mass is 264 g/mol. The fourth-order valence-electron chi connectivity index (χ4n) is 1.70. The first-order chi connectivity index (χ1) is 8.66. The van der Waals surface area contributed by atoms with Crippen LogP contribution in [0.3, 0.4) is 0 Å². The van der Waals surface area contributed by atoms with Gasteiger partial charge in [0.15, 0.2) is 0 Å². The third kappa shape index (κ3) is 3.16. The van der Waals surface area contributed by atoms with Crippen LogP contribution in [0.15, 0.2) is 18.7 Å². The summed E-state index contributed by atoms with van der Waals surface area (Å²) in [6.45, 7) is 5.30. The van der Waals surface area contributed by atoms with Gasteiger partial charge < -0.3 is 9.88 Å². The molecular formula is C12H16N4OS. The lowest BCUT2D eigenvalue weighted by molar-refractivity contribution is 0.0956. The van der Waals surface area contributed by atoms with Gasteiger partial charge >= 0.3 is 0 Å². The Kier molecular flexibility index (Phi) is 4.09. The summed E-state index contributed by atoms with van der Waals surface area (Å²) in [6, 6.07) is 0. The lowest BCUT2D eigenvalue weighted by Crippen LogP contribution is -2.25. The zero-order chi connectivity index (χ0) is 13.0. The fourth-order valence-corrected chi connectivity index (χ4v) is 2.54. The minimum absolute atomic E-state index is 0.0243. The average molecular weight is 264 g/mol. The Balaban J connectivity index is 1.77. The SMILES string of the molecule is Cc1nc(C)c(C(=O)NCCCn2ccnc2)s1. The summed E-state index contributed by atoms with van der Waals surface area (Å²) in [6.07, 6.45) is 6.33. The number of carbonyl (C=O) groups excluding carboxylic acids is 1. The molecule has 2 heterocycles. The number of hydrogen-bond donors (Lipinski definition) is 1. The number of aryl methyl sites for hydroxylation is 3. The predicted octanol–water partition coefficient (Wildman–Crippen LogP) is 1.78. The highest BCUT2D eigenvalue weighted by Crippen LogP contribution is 2.16. The van der Waals surface area contributed by atoms with Crippen LogP contribution in [0.2, 0.25) is 0 Å². The summed E-state index contributed by atoms with van der Waals surface area (Å²) in [5.41, 5.74) is 0.810. The molecule has 1 amide bonds. The van der Waals surface area contributed by atoms with Crippen LogP contribution in [0, 0.1) is 13.8 Å². The number of rotatable bonds is 5. The molecule has 2 aromatic heterocycles. The Bertz CT molecular complexity index is 518. The standard InChI is InChI=1S/C12H16N4OS/c1-9-11(18-10(2)15-9)12(17)14-4-3-6-16-7-5-13-8-16/h5,7-8H,3-4,6H2,1-2H3,(H,14,17). The largest absolute Gasteiger partial charge is 0.351 e. The highest BCUT2D eigenvalue weighted by molar-refractivity contribution is 7.13. The first kappa shape index (κ1) is 12.8. The fraction of sp³-hybridized carbons (Fsp3) is 0.417. The average Bonchev–Trinajstić information content (AvgIpc) is 2.94. The molecule has 1 N–H and O–H groups in total. The highest BCUT2D eigenvalue weighted by Gasteiger charge is 2.12. The molecule has 0 fully saturated rings. The van der Waals surface area contributed by atoms with Gasteiger partial charge in [0.2, 0.25) is 0 Å². The Morgan fingerprint density at radius 1 is 1.50 bits per heavy atom. The van der Waals surface area contributed by atoms with Crippen LogP contribution < -0.4 is 5.32 Å². The van der Waals surface area contributed by atoms with E-state index in [1.807, 2.05) is 24.6 Å². The van der Waals surface area contributed by atoms with Crippen molar-refractivity contribution in [2.75, 3.05) is 6.54 Å². The molecule has 0 atom stereocenters. The first-order valence-corrected chi connectivity index (χ1v) is 6.66. The van der Waals surface area contributed by atoms with Crippen molar-refractivity contribution >= 4 is 17.2 Å². The van der Waals surface area contributed by atoms with E-state index in [0.29, 0.717) is 6.54 Å². The second-order valence-corrected chi connectivity index (χ2v) is 5.26. The minimum Gasteiger partial charge on any atom is -0.351 e. The number of thiazole rings is 1. The van der Waals surface area contributed by atoms with Gasteiger partial charge in [0.1, 0.15) is 4.88 Å². The van der Waals surface area contributed by atoms with Crippen LogP contribution in [-0.4, -0.2) is 27.0 Å². The van der Waals surface area contributed by atoms with Gasteiger partial charge in [-0.25, -0.2) is 9.97 Å². The number of amides is 1. The van der Waals surface area contributed by atoms with Crippen LogP contribution in [0.1, 0.15) is 26.8 Å². The Hall–Kier alpha value is -1.69. The number of hydrogen-bond acceptors (Lipinski definition) is 4.